The second-order valence-corrected chi connectivity index (χ2v) is 7.04. The van der Waals surface area contributed by atoms with Gasteiger partial charge in [0.15, 0.2) is 4.90 Å². The summed E-state index contributed by atoms with van der Waals surface area (Å²) in [4.78, 5) is 0.823. The summed E-state index contributed by atoms with van der Waals surface area (Å²) in [6, 6.07) is 7.32. The first-order valence-electron chi connectivity index (χ1n) is 5.34. The number of benzene rings is 1. The van der Waals surface area contributed by atoms with E-state index in [0.717, 1.165) is 16.4 Å². The minimum Gasteiger partial charge on any atom is -0.611 e. The fourth-order valence-electron chi connectivity index (χ4n) is 1.12. The van der Waals surface area contributed by atoms with Crippen molar-refractivity contribution >= 4 is 32.8 Å². The first-order chi connectivity index (χ1) is 8.77. The van der Waals surface area contributed by atoms with Gasteiger partial charge in [-0.3, -0.25) is 0 Å². The maximum Gasteiger partial charge on any atom is 0.153 e. The molecule has 0 fully saturated rings. The van der Waals surface area contributed by atoms with Gasteiger partial charge in [-0.2, -0.15) is 0 Å². The summed E-state index contributed by atoms with van der Waals surface area (Å²) in [6.07, 6.45) is 3.79. The molecule has 0 N–H and O–H groups in total. The first kappa shape index (κ1) is 15.6. The smallest absolute Gasteiger partial charge is 0.153 e. The van der Waals surface area contributed by atoms with Crippen LogP contribution in [-0.2, 0) is 11.2 Å². The molecule has 0 aromatic heterocycles. The number of ether oxygens (including phenoxy) is 1. The zero-order valence-electron chi connectivity index (χ0n) is 10.2. The number of rotatable bonds is 8. The Kier molecular flexibility index (Phi) is 8.17. The highest BCUT2D eigenvalue weighted by Gasteiger charge is 2.08. The van der Waals surface area contributed by atoms with Crippen LogP contribution in [0.2, 0.25) is 0 Å². The Morgan fingerprint density at radius 3 is 2.72 bits per heavy atom. The van der Waals surface area contributed by atoms with Gasteiger partial charge in [0.1, 0.15) is 11.5 Å². The first-order valence-corrected chi connectivity index (χ1v) is 9.04. The molecule has 0 spiro atoms. The van der Waals surface area contributed by atoms with E-state index in [2.05, 4.69) is 6.58 Å². The molecule has 5 heteroatoms. The van der Waals surface area contributed by atoms with Crippen LogP contribution < -0.4 is 4.74 Å². The molecule has 1 rings (SSSR count). The van der Waals surface area contributed by atoms with E-state index in [0.29, 0.717) is 5.75 Å². The Morgan fingerprint density at radius 1 is 1.39 bits per heavy atom. The maximum absolute atomic E-state index is 11.9. The van der Waals surface area contributed by atoms with E-state index in [1.165, 1.54) is 0 Å². The quantitative estimate of drug-likeness (QED) is 0.316. The topological polar surface area (TPSA) is 32.3 Å². The van der Waals surface area contributed by atoms with Crippen LogP contribution in [0.4, 0.5) is 0 Å². The molecule has 1 atom stereocenters. The average molecular weight is 300 g/mol. The van der Waals surface area contributed by atoms with Gasteiger partial charge in [-0.25, -0.2) is 0 Å². The average Bonchev–Trinajstić information content (AvgIpc) is 2.42. The predicted molar refractivity (Wildman–Crippen MR) is 83.7 cm³/mol. The van der Waals surface area contributed by atoms with Gasteiger partial charge < -0.3 is 9.29 Å². The van der Waals surface area contributed by atoms with Gasteiger partial charge in [-0.05, 0) is 46.9 Å². The Bertz CT molecular complexity index is 376. The summed E-state index contributed by atoms with van der Waals surface area (Å²) in [5, 5.41) is 1.97. The van der Waals surface area contributed by atoms with E-state index in [4.69, 9.17) is 4.74 Å². The van der Waals surface area contributed by atoms with Crippen molar-refractivity contribution in [2.75, 3.05) is 18.6 Å². The van der Waals surface area contributed by atoms with Gasteiger partial charge in [-0.1, -0.05) is 27.7 Å². The fourth-order valence-corrected chi connectivity index (χ4v) is 3.57. The standard InChI is InChI=1S/C13H16O2S3/c1-3-9-16-17-10-4-11-18(14)13-7-5-12(15-2)6-8-13/h3-8,10H,1,9,11H2,2H3. The molecule has 0 bridgehead atoms. The van der Waals surface area contributed by atoms with Gasteiger partial charge in [0.2, 0.25) is 0 Å². The van der Waals surface area contributed by atoms with Crippen LogP contribution in [0, 0.1) is 0 Å². The van der Waals surface area contributed by atoms with Crippen molar-refractivity contribution < 1.29 is 9.29 Å². The summed E-state index contributed by atoms with van der Waals surface area (Å²) in [6.45, 7) is 3.64. The highest BCUT2D eigenvalue weighted by Crippen LogP contribution is 2.22. The number of hydrogen-bond donors (Lipinski definition) is 0. The minimum absolute atomic E-state index is 0.536. The molecule has 1 aromatic carbocycles. The van der Waals surface area contributed by atoms with Crippen molar-refractivity contribution in [1.82, 2.24) is 0 Å². The lowest BCUT2D eigenvalue weighted by Crippen LogP contribution is -2.04. The van der Waals surface area contributed by atoms with Crippen LogP contribution in [0.3, 0.4) is 0 Å². The largest absolute Gasteiger partial charge is 0.611 e. The van der Waals surface area contributed by atoms with Crippen molar-refractivity contribution in [3.8, 4) is 5.75 Å². The Hall–Kier alpha value is -0.490. The highest BCUT2D eigenvalue weighted by atomic mass is 33.1. The number of methoxy groups -OCH3 is 1. The number of hydrogen-bond acceptors (Lipinski definition) is 4. The summed E-state index contributed by atoms with van der Waals surface area (Å²) in [5.74, 6) is 2.23. The highest BCUT2D eigenvalue weighted by molar-refractivity contribution is 8.77. The molecule has 98 valence electrons. The van der Waals surface area contributed by atoms with Crippen LogP contribution in [0.5, 0.6) is 5.75 Å². The summed E-state index contributed by atoms with van der Waals surface area (Å²) in [7, 11) is 4.95. The van der Waals surface area contributed by atoms with E-state index >= 15 is 0 Å². The van der Waals surface area contributed by atoms with E-state index in [1.54, 1.807) is 28.7 Å². The molecule has 0 aliphatic rings. The van der Waals surface area contributed by atoms with E-state index in [-0.39, 0.29) is 0 Å². The molecular weight excluding hydrogens is 284 g/mol. The van der Waals surface area contributed by atoms with Crippen molar-refractivity contribution in [2.45, 2.75) is 4.90 Å². The molecule has 0 radical (unpaired) electrons. The Morgan fingerprint density at radius 2 is 2.11 bits per heavy atom. The van der Waals surface area contributed by atoms with Gasteiger partial charge in [-0.15, -0.1) is 6.58 Å². The SMILES string of the molecule is C=CCSSC=CC[S+]([O-])c1ccc(OC)cc1. The second kappa shape index (κ2) is 9.44. The monoisotopic (exact) mass is 300 g/mol. The van der Waals surface area contributed by atoms with Gasteiger partial charge in [0.25, 0.3) is 0 Å². The molecule has 0 aliphatic heterocycles. The zero-order chi connectivity index (χ0) is 13.2. The van der Waals surface area contributed by atoms with Crippen LogP contribution in [0.15, 0.2) is 53.3 Å². The Labute approximate surface area is 119 Å². The van der Waals surface area contributed by atoms with E-state index in [9.17, 15) is 4.55 Å². The molecule has 18 heavy (non-hydrogen) atoms. The lowest BCUT2D eigenvalue weighted by Gasteiger charge is -2.08. The maximum atomic E-state index is 11.9. The molecule has 0 saturated carbocycles. The van der Waals surface area contributed by atoms with Gasteiger partial charge in [0.05, 0.1) is 7.11 Å². The normalized spacial score (nSPS) is 12.6. The van der Waals surface area contributed by atoms with Gasteiger partial charge in [0, 0.05) is 5.75 Å². The molecule has 0 heterocycles. The van der Waals surface area contributed by atoms with E-state index < -0.39 is 11.2 Å². The van der Waals surface area contributed by atoms with Crippen molar-refractivity contribution in [3.05, 3.63) is 48.4 Å². The zero-order valence-corrected chi connectivity index (χ0v) is 12.7. The van der Waals surface area contributed by atoms with Crippen LogP contribution >= 0.6 is 21.6 Å². The summed E-state index contributed by atoms with van der Waals surface area (Å²) >= 11 is -0.986. The Balaban J connectivity index is 2.34. The lowest BCUT2D eigenvalue weighted by atomic mass is 10.3. The predicted octanol–water partition coefficient (Wildman–Crippen LogP) is 3.88. The van der Waals surface area contributed by atoms with Crippen LogP contribution in [0.25, 0.3) is 0 Å². The summed E-state index contributed by atoms with van der Waals surface area (Å²) < 4.78 is 17.0. The lowest BCUT2D eigenvalue weighted by molar-refractivity contribution is 0.414. The third-order valence-corrected chi connectivity index (χ3v) is 5.23. The van der Waals surface area contributed by atoms with Crippen molar-refractivity contribution in [3.63, 3.8) is 0 Å². The fraction of sp³-hybridized carbons (Fsp3) is 0.231. The second-order valence-electron chi connectivity index (χ2n) is 3.23. The third kappa shape index (κ3) is 5.91. The molecular formula is C13H16O2S3. The van der Waals surface area contributed by atoms with Crippen molar-refractivity contribution in [1.29, 1.82) is 0 Å². The molecule has 2 nitrogen and oxygen atoms in total. The van der Waals surface area contributed by atoms with Crippen LogP contribution in [-0.4, -0.2) is 23.2 Å². The van der Waals surface area contributed by atoms with Gasteiger partial charge >= 0.3 is 0 Å². The molecule has 0 amide bonds. The molecule has 0 aliphatic carbocycles. The molecule has 0 saturated heterocycles. The third-order valence-electron chi connectivity index (χ3n) is 1.98. The minimum atomic E-state index is -0.986. The van der Waals surface area contributed by atoms with E-state index in [1.807, 2.05) is 41.8 Å². The molecule has 1 aromatic rings. The van der Waals surface area contributed by atoms with Crippen LogP contribution in [0.1, 0.15) is 0 Å². The summed E-state index contributed by atoms with van der Waals surface area (Å²) in [5.41, 5.74) is 0. The van der Waals surface area contributed by atoms with Crippen molar-refractivity contribution in [2.24, 2.45) is 0 Å². The molecule has 1 unspecified atom stereocenters.